The van der Waals surface area contributed by atoms with Crippen LogP contribution in [0.3, 0.4) is 0 Å². The molecule has 0 bridgehead atoms. The molecule has 6 nitrogen and oxygen atoms in total. The van der Waals surface area contributed by atoms with Crippen LogP contribution in [-0.2, 0) is 5.66 Å². The highest BCUT2D eigenvalue weighted by Crippen LogP contribution is 2.54. The molecule has 0 N–H and O–H groups in total. The summed E-state index contributed by atoms with van der Waals surface area (Å²) in [5, 5.41) is 7.86. The number of aromatic nitrogens is 5. The van der Waals surface area contributed by atoms with Crippen LogP contribution in [0.5, 0.6) is 11.5 Å². The average Bonchev–Trinajstić information content (AvgIpc) is 3.75. The summed E-state index contributed by atoms with van der Waals surface area (Å²) in [6, 6.07) is 45.0. The predicted octanol–water partition coefficient (Wildman–Crippen LogP) is 6.91. The molecule has 11 rings (SSSR count). The lowest BCUT2D eigenvalue weighted by Gasteiger charge is -2.31. The molecule has 5 aromatic carbocycles. The fourth-order valence-electron chi connectivity index (χ4n) is 7.86. The summed E-state index contributed by atoms with van der Waals surface area (Å²) in [4.78, 5) is 2.17. The maximum atomic E-state index is 6.73. The first-order valence-corrected chi connectivity index (χ1v) is 14.9. The van der Waals surface area contributed by atoms with Crippen LogP contribution < -0.4 is 14.1 Å². The van der Waals surface area contributed by atoms with Crippen LogP contribution in [0.1, 0.15) is 11.1 Å². The Balaban J connectivity index is 1.25. The standard InChI is InChI=1S/C38H23N5O/c1-2-9-24(10-3-1)25-16-18-26(19-17-25)29-23-41-31-13-8-14-32-35(31)38(43(41)39-29)36-33(44-32)21-20-28-27-11-4-5-12-30(27)42(37(28)36)34-15-6-7-22-40(34)38/h1-23H/q+2. The number of pyridine rings is 1. The van der Waals surface area contributed by atoms with Gasteiger partial charge in [-0.2, -0.15) is 9.13 Å². The first-order chi connectivity index (χ1) is 21.8. The van der Waals surface area contributed by atoms with Crippen LogP contribution in [-0.4, -0.2) is 14.3 Å². The minimum atomic E-state index is -0.776. The Morgan fingerprint density at radius 1 is 0.614 bits per heavy atom. The zero-order valence-corrected chi connectivity index (χ0v) is 23.4. The van der Waals surface area contributed by atoms with Crippen molar-refractivity contribution in [3.63, 3.8) is 0 Å². The summed E-state index contributed by atoms with van der Waals surface area (Å²) in [6.45, 7) is 0. The van der Waals surface area contributed by atoms with E-state index in [1.165, 1.54) is 27.4 Å². The quantitative estimate of drug-likeness (QED) is 0.214. The van der Waals surface area contributed by atoms with Gasteiger partial charge < -0.3 is 4.74 Å². The van der Waals surface area contributed by atoms with E-state index in [4.69, 9.17) is 9.84 Å². The molecule has 0 fully saturated rings. The zero-order chi connectivity index (χ0) is 28.6. The molecule has 3 aliphatic rings. The summed E-state index contributed by atoms with van der Waals surface area (Å²) in [7, 11) is 0. The molecule has 0 radical (unpaired) electrons. The molecule has 0 aliphatic carbocycles. The molecule has 1 unspecified atom stereocenters. The molecule has 8 aromatic rings. The van der Waals surface area contributed by atoms with Crippen LogP contribution in [0.15, 0.2) is 140 Å². The van der Waals surface area contributed by atoms with E-state index in [0.29, 0.717) is 0 Å². The average molecular weight is 566 g/mol. The van der Waals surface area contributed by atoms with E-state index in [1.54, 1.807) is 0 Å². The van der Waals surface area contributed by atoms with Gasteiger partial charge in [0.1, 0.15) is 28.9 Å². The van der Waals surface area contributed by atoms with Gasteiger partial charge in [0, 0.05) is 27.5 Å². The lowest BCUT2D eigenvalue weighted by Crippen LogP contribution is -2.77. The van der Waals surface area contributed by atoms with Gasteiger partial charge in [0.15, 0.2) is 22.3 Å². The van der Waals surface area contributed by atoms with Crippen molar-refractivity contribution in [2.45, 2.75) is 5.66 Å². The van der Waals surface area contributed by atoms with Crippen molar-refractivity contribution in [1.29, 1.82) is 0 Å². The highest BCUT2D eigenvalue weighted by atomic mass is 16.5. The molecular formula is C38H23N5O+2. The number of nitrogens with zero attached hydrogens (tertiary/aromatic N) is 5. The maximum Gasteiger partial charge on any atom is 0.423 e. The number of rotatable bonds is 2. The second kappa shape index (κ2) is 7.68. The third-order valence-electron chi connectivity index (χ3n) is 9.61. The number of para-hydroxylation sites is 1. The minimum absolute atomic E-state index is 0.776. The zero-order valence-electron chi connectivity index (χ0n) is 23.4. The molecule has 6 heterocycles. The summed E-state index contributed by atoms with van der Waals surface area (Å²) in [6.07, 6.45) is 4.35. The third kappa shape index (κ3) is 2.49. The Hall–Kier alpha value is -6.01. The van der Waals surface area contributed by atoms with Crippen LogP contribution in [0.25, 0.3) is 55.7 Å². The van der Waals surface area contributed by atoms with E-state index in [-0.39, 0.29) is 0 Å². The van der Waals surface area contributed by atoms with Crippen molar-refractivity contribution in [2.24, 2.45) is 0 Å². The van der Waals surface area contributed by atoms with Gasteiger partial charge in [-0.1, -0.05) is 83.5 Å². The lowest BCUT2D eigenvalue weighted by molar-refractivity contribution is -1.02. The van der Waals surface area contributed by atoms with E-state index in [0.717, 1.165) is 50.9 Å². The minimum Gasteiger partial charge on any atom is -0.456 e. The van der Waals surface area contributed by atoms with Crippen LogP contribution in [0.2, 0.25) is 0 Å². The number of ether oxygens (including phenoxy) is 1. The molecule has 3 aromatic heterocycles. The van der Waals surface area contributed by atoms with Crippen molar-refractivity contribution < 1.29 is 14.1 Å². The summed E-state index contributed by atoms with van der Waals surface area (Å²) in [5.74, 6) is 2.79. The van der Waals surface area contributed by atoms with Gasteiger partial charge in [-0.05, 0) is 53.6 Å². The van der Waals surface area contributed by atoms with Crippen molar-refractivity contribution >= 4 is 21.8 Å². The predicted molar refractivity (Wildman–Crippen MR) is 167 cm³/mol. The Bertz CT molecular complexity index is 2530. The van der Waals surface area contributed by atoms with E-state index < -0.39 is 5.66 Å². The third-order valence-corrected chi connectivity index (χ3v) is 9.61. The summed E-state index contributed by atoms with van der Waals surface area (Å²) >= 11 is 0. The SMILES string of the molecule is c1ccc(-c2ccc(-c3cn4[n+](n3)C35c6c(cccc6-4)Oc4ccc6c7ccccc7n(c6c43)-c3cccc[n+]35)cc2)cc1. The van der Waals surface area contributed by atoms with Crippen molar-refractivity contribution in [1.82, 2.24) is 14.3 Å². The second-order valence-electron chi connectivity index (χ2n) is 11.7. The number of hydrogen-bond acceptors (Lipinski definition) is 2. The van der Waals surface area contributed by atoms with Gasteiger partial charge in [0.25, 0.3) is 5.82 Å². The Kier molecular flexibility index (Phi) is 3.94. The molecule has 1 spiro atoms. The van der Waals surface area contributed by atoms with Gasteiger partial charge in [-0.25, -0.2) is 0 Å². The van der Waals surface area contributed by atoms with Gasteiger partial charge in [0.2, 0.25) is 0 Å². The molecule has 44 heavy (non-hydrogen) atoms. The molecule has 0 saturated heterocycles. The number of hydrogen-bond donors (Lipinski definition) is 0. The Morgan fingerprint density at radius 3 is 2.30 bits per heavy atom. The van der Waals surface area contributed by atoms with Crippen molar-refractivity contribution in [3.05, 3.63) is 151 Å². The fourth-order valence-corrected chi connectivity index (χ4v) is 7.86. The Labute approximate surface area is 251 Å². The van der Waals surface area contributed by atoms with E-state index in [2.05, 4.69) is 152 Å². The van der Waals surface area contributed by atoms with Gasteiger partial charge in [0.05, 0.1) is 11.0 Å². The van der Waals surface area contributed by atoms with E-state index in [9.17, 15) is 0 Å². The smallest absolute Gasteiger partial charge is 0.423 e. The molecule has 204 valence electrons. The Morgan fingerprint density at radius 2 is 1.39 bits per heavy atom. The van der Waals surface area contributed by atoms with Gasteiger partial charge in [-0.3, -0.25) is 0 Å². The van der Waals surface area contributed by atoms with Gasteiger partial charge >= 0.3 is 5.66 Å². The highest BCUT2D eigenvalue weighted by Gasteiger charge is 2.70. The summed E-state index contributed by atoms with van der Waals surface area (Å²) in [5.41, 5.74) is 9.22. The molecule has 0 amide bonds. The van der Waals surface area contributed by atoms with Crippen LogP contribution in [0, 0.1) is 0 Å². The highest BCUT2D eigenvalue weighted by molar-refractivity contribution is 6.11. The molecular weight excluding hydrogens is 542 g/mol. The summed E-state index contributed by atoms with van der Waals surface area (Å²) < 4.78 is 13.7. The topological polar surface area (TPSA) is 39.7 Å². The monoisotopic (exact) mass is 565 g/mol. The van der Waals surface area contributed by atoms with E-state index >= 15 is 0 Å². The van der Waals surface area contributed by atoms with Crippen molar-refractivity contribution in [2.75, 3.05) is 0 Å². The molecule has 3 aliphatic heterocycles. The number of fused-ring (bicyclic) bond motifs is 7. The van der Waals surface area contributed by atoms with Crippen molar-refractivity contribution in [3.8, 4) is 45.4 Å². The first kappa shape index (κ1) is 22.6. The van der Waals surface area contributed by atoms with Crippen LogP contribution in [0.4, 0.5) is 0 Å². The largest absolute Gasteiger partial charge is 0.456 e. The maximum absolute atomic E-state index is 6.73. The van der Waals surface area contributed by atoms with Crippen LogP contribution >= 0.6 is 0 Å². The first-order valence-electron chi connectivity index (χ1n) is 14.9. The van der Waals surface area contributed by atoms with Gasteiger partial charge in [-0.15, -0.1) is 0 Å². The molecule has 0 saturated carbocycles. The number of benzene rings is 5. The fraction of sp³-hybridized carbons (Fsp3) is 0.0263. The lowest BCUT2D eigenvalue weighted by atomic mass is 9.84. The van der Waals surface area contributed by atoms with E-state index in [1.807, 2.05) is 6.07 Å². The molecule has 1 atom stereocenters. The molecule has 6 heteroatoms. The second-order valence-corrected chi connectivity index (χ2v) is 11.7. The normalized spacial score (nSPS) is 16.5.